The molecule has 0 heterocycles. The molecule has 0 radical (unpaired) electrons. The van der Waals surface area contributed by atoms with Crippen molar-refractivity contribution in [3.8, 4) is 5.75 Å². The molecule has 1 aromatic rings. The Kier molecular flexibility index (Phi) is 4.69. The molecule has 0 unspecified atom stereocenters. The molecular weight excluding hydrogens is 258 g/mol. The van der Waals surface area contributed by atoms with Crippen LogP contribution in [0.4, 0.5) is 0 Å². The highest BCUT2D eigenvalue weighted by atomic mass is 32.2. The molecule has 0 aliphatic heterocycles. The molecule has 1 aromatic carbocycles. The van der Waals surface area contributed by atoms with Crippen molar-refractivity contribution < 1.29 is 22.7 Å². The Bertz CT molecular complexity index is 509. The van der Waals surface area contributed by atoms with Gasteiger partial charge in [0, 0.05) is 0 Å². The minimum absolute atomic E-state index is 0.0547. The smallest absolute Gasteiger partial charge is 0.323 e. The molecule has 0 aromatic heterocycles. The van der Waals surface area contributed by atoms with E-state index in [4.69, 9.17) is 4.74 Å². The molecule has 0 bridgehead atoms. The van der Waals surface area contributed by atoms with Gasteiger partial charge >= 0.3 is 5.97 Å². The summed E-state index contributed by atoms with van der Waals surface area (Å²) in [6.07, 6.45) is 0. The molecule has 0 saturated carbocycles. The van der Waals surface area contributed by atoms with Gasteiger partial charge in [-0.3, -0.25) is 4.79 Å². The molecule has 6 nitrogen and oxygen atoms in total. The van der Waals surface area contributed by atoms with Crippen LogP contribution in [0.25, 0.3) is 0 Å². The number of hydrogen-bond donors (Lipinski definition) is 1. The highest BCUT2D eigenvalue weighted by Gasteiger charge is 2.22. The standard InChI is InChI=1S/C11H15NO5S/c1-8(11(13)17-3)12-18(14,15)10-6-4-9(16-2)5-7-10/h4-8,12H,1-3H3/t8-/m0/s1. The molecule has 7 heteroatoms. The Hall–Kier alpha value is -1.60. The second-order valence-electron chi connectivity index (χ2n) is 3.54. The predicted octanol–water partition coefficient (Wildman–Crippen LogP) is 0.535. The summed E-state index contributed by atoms with van der Waals surface area (Å²) < 4.78 is 35.4. The Balaban J connectivity index is 2.89. The van der Waals surface area contributed by atoms with Crippen molar-refractivity contribution in [2.24, 2.45) is 0 Å². The van der Waals surface area contributed by atoms with Crippen LogP contribution in [-0.2, 0) is 19.6 Å². The van der Waals surface area contributed by atoms with Gasteiger partial charge in [0.2, 0.25) is 10.0 Å². The van der Waals surface area contributed by atoms with Gasteiger partial charge in [0.15, 0.2) is 0 Å². The lowest BCUT2D eigenvalue weighted by Crippen LogP contribution is -2.39. The fraction of sp³-hybridized carbons (Fsp3) is 0.364. The number of hydrogen-bond acceptors (Lipinski definition) is 5. The Labute approximate surface area is 106 Å². The van der Waals surface area contributed by atoms with Crippen molar-refractivity contribution in [3.05, 3.63) is 24.3 Å². The van der Waals surface area contributed by atoms with E-state index in [-0.39, 0.29) is 4.90 Å². The Morgan fingerprint density at radius 1 is 1.22 bits per heavy atom. The highest BCUT2D eigenvalue weighted by Crippen LogP contribution is 2.15. The van der Waals surface area contributed by atoms with Crippen molar-refractivity contribution in [3.63, 3.8) is 0 Å². The lowest BCUT2D eigenvalue weighted by Gasteiger charge is -2.12. The van der Waals surface area contributed by atoms with E-state index in [0.717, 1.165) is 0 Å². The first-order valence-electron chi connectivity index (χ1n) is 5.15. The summed E-state index contributed by atoms with van der Waals surface area (Å²) in [5.41, 5.74) is 0. The summed E-state index contributed by atoms with van der Waals surface area (Å²) in [4.78, 5) is 11.2. The normalized spacial score (nSPS) is 12.8. The number of carbonyl (C=O) groups excluding carboxylic acids is 1. The maximum atomic E-state index is 11.9. The number of rotatable bonds is 5. The van der Waals surface area contributed by atoms with Gasteiger partial charge in [-0.05, 0) is 31.2 Å². The number of ether oxygens (including phenoxy) is 2. The van der Waals surface area contributed by atoms with E-state index in [1.54, 1.807) is 0 Å². The van der Waals surface area contributed by atoms with Gasteiger partial charge in [-0.25, -0.2) is 8.42 Å². The number of methoxy groups -OCH3 is 2. The fourth-order valence-corrected chi connectivity index (χ4v) is 2.47. The molecule has 1 N–H and O–H groups in total. The van der Waals surface area contributed by atoms with Gasteiger partial charge in [-0.15, -0.1) is 0 Å². The Morgan fingerprint density at radius 2 is 1.78 bits per heavy atom. The van der Waals surface area contributed by atoms with E-state index in [0.29, 0.717) is 5.75 Å². The van der Waals surface area contributed by atoms with Gasteiger partial charge in [0.25, 0.3) is 0 Å². The molecule has 0 aliphatic carbocycles. The lowest BCUT2D eigenvalue weighted by molar-refractivity contribution is -0.142. The molecule has 0 spiro atoms. The average molecular weight is 273 g/mol. The van der Waals surface area contributed by atoms with Gasteiger partial charge in [0.1, 0.15) is 11.8 Å². The van der Waals surface area contributed by atoms with Crippen molar-refractivity contribution in [1.82, 2.24) is 4.72 Å². The van der Waals surface area contributed by atoms with E-state index in [1.807, 2.05) is 0 Å². The molecule has 0 amide bonds. The number of esters is 1. The largest absolute Gasteiger partial charge is 0.497 e. The predicted molar refractivity (Wildman–Crippen MR) is 64.8 cm³/mol. The summed E-state index contributed by atoms with van der Waals surface area (Å²) in [7, 11) is -1.06. The van der Waals surface area contributed by atoms with Crippen LogP contribution in [0.1, 0.15) is 6.92 Å². The first kappa shape index (κ1) is 14.5. The van der Waals surface area contributed by atoms with E-state index in [2.05, 4.69) is 9.46 Å². The third-order valence-electron chi connectivity index (χ3n) is 2.26. The van der Waals surface area contributed by atoms with Gasteiger partial charge < -0.3 is 9.47 Å². The average Bonchev–Trinajstić information content (AvgIpc) is 2.37. The number of benzene rings is 1. The third kappa shape index (κ3) is 3.44. The highest BCUT2D eigenvalue weighted by molar-refractivity contribution is 7.89. The molecule has 0 aliphatic rings. The summed E-state index contributed by atoms with van der Waals surface area (Å²) in [6, 6.07) is 4.90. The van der Waals surface area contributed by atoms with E-state index < -0.39 is 22.0 Å². The van der Waals surface area contributed by atoms with Crippen LogP contribution in [0.15, 0.2) is 29.2 Å². The molecule has 0 saturated heterocycles. The van der Waals surface area contributed by atoms with Gasteiger partial charge in [-0.2, -0.15) is 4.72 Å². The molecular formula is C11H15NO5S. The third-order valence-corrected chi connectivity index (χ3v) is 3.81. The van der Waals surface area contributed by atoms with E-state index in [1.165, 1.54) is 45.4 Å². The van der Waals surface area contributed by atoms with Gasteiger partial charge in [0.05, 0.1) is 19.1 Å². The molecule has 1 atom stereocenters. The van der Waals surface area contributed by atoms with Crippen molar-refractivity contribution in [2.75, 3.05) is 14.2 Å². The maximum Gasteiger partial charge on any atom is 0.323 e. The monoisotopic (exact) mass is 273 g/mol. The topological polar surface area (TPSA) is 81.7 Å². The molecule has 1 rings (SSSR count). The zero-order valence-corrected chi connectivity index (χ0v) is 11.2. The van der Waals surface area contributed by atoms with Crippen LogP contribution in [0, 0.1) is 0 Å². The summed E-state index contributed by atoms with van der Waals surface area (Å²) in [5, 5.41) is 0. The molecule has 18 heavy (non-hydrogen) atoms. The van der Waals surface area contributed by atoms with Crippen molar-refractivity contribution in [2.45, 2.75) is 17.9 Å². The minimum atomic E-state index is -3.75. The Morgan fingerprint density at radius 3 is 2.22 bits per heavy atom. The summed E-state index contributed by atoms with van der Waals surface area (Å²) in [5.74, 6) is -0.0953. The first-order valence-corrected chi connectivity index (χ1v) is 6.63. The summed E-state index contributed by atoms with van der Waals surface area (Å²) in [6.45, 7) is 1.41. The quantitative estimate of drug-likeness (QED) is 0.792. The first-order chi connectivity index (χ1) is 8.40. The van der Waals surface area contributed by atoms with Crippen molar-refractivity contribution >= 4 is 16.0 Å². The number of sulfonamides is 1. The lowest BCUT2D eigenvalue weighted by atomic mass is 10.3. The fourth-order valence-electron chi connectivity index (χ4n) is 1.28. The minimum Gasteiger partial charge on any atom is -0.497 e. The second-order valence-corrected chi connectivity index (χ2v) is 5.26. The number of carbonyl (C=O) groups is 1. The maximum absolute atomic E-state index is 11.9. The van der Waals surface area contributed by atoms with Crippen LogP contribution in [-0.4, -0.2) is 34.6 Å². The zero-order chi connectivity index (χ0) is 13.8. The SMILES string of the molecule is COC(=O)[C@H](C)NS(=O)(=O)c1ccc(OC)cc1. The van der Waals surface area contributed by atoms with Crippen molar-refractivity contribution in [1.29, 1.82) is 0 Å². The number of nitrogens with one attached hydrogen (secondary N) is 1. The van der Waals surface area contributed by atoms with Crippen LogP contribution in [0.2, 0.25) is 0 Å². The van der Waals surface area contributed by atoms with E-state index >= 15 is 0 Å². The van der Waals surface area contributed by atoms with Crippen LogP contribution in [0.5, 0.6) is 5.75 Å². The van der Waals surface area contributed by atoms with E-state index in [9.17, 15) is 13.2 Å². The van der Waals surface area contributed by atoms with Crippen LogP contribution in [0.3, 0.4) is 0 Å². The molecule has 0 fully saturated rings. The van der Waals surface area contributed by atoms with Gasteiger partial charge in [-0.1, -0.05) is 0 Å². The second kappa shape index (κ2) is 5.83. The summed E-state index contributed by atoms with van der Waals surface area (Å²) >= 11 is 0. The zero-order valence-electron chi connectivity index (χ0n) is 10.3. The van der Waals surface area contributed by atoms with Crippen LogP contribution >= 0.6 is 0 Å². The van der Waals surface area contributed by atoms with Crippen LogP contribution < -0.4 is 9.46 Å². The molecule has 100 valence electrons.